The third kappa shape index (κ3) is 3.05. The van der Waals surface area contributed by atoms with E-state index in [0.29, 0.717) is 24.5 Å². The Morgan fingerprint density at radius 2 is 2.26 bits per heavy atom. The first-order valence-electron chi connectivity index (χ1n) is 7.34. The number of carboxylic acids is 1. The van der Waals surface area contributed by atoms with Crippen molar-refractivity contribution in [2.24, 2.45) is 5.92 Å². The quantitative estimate of drug-likeness (QED) is 0.864. The number of likely N-dealkylation sites (tertiary alicyclic amines) is 1. The van der Waals surface area contributed by atoms with Gasteiger partial charge in [0.05, 0.1) is 18.3 Å². The average molecular weight is 315 g/mol. The van der Waals surface area contributed by atoms with Gasteiger partial charge in [0.1, 0.15) is 5.69 Å². The first-order chi connectivity index (χ1) is 11.1. The molecule has 1 amide bonds. The molecule has 2 aromatic heterocycles. The molecule has 1 saturated heterocycles. The fourth-order valence-corrected chi connectivity index (χ4v) is 3.05. The molecule has 2 aromatic rings. The van der Waals surface area contributed by atoms with Gasteiger partial charge in [0.2, 0.25) is 0 Å². The highest BCUT2D eigenvalue weighted by Gasteiger charge is 2.39. The zero-order chi connectivity index (χ0) is 16.4. The van der Waals surface area contributed by atoms with Gasteiger partial charge >= 0.3 is 5.97 Å². The van der Waals surface area contributed by atoms with Crippen molar-refractivity contribution in [1.82, 2.24) is 25.3 Å². The number of H-pyrrole nitrogens is 1. The highest BCUT2D eigenvalue weighted by Crippen LogP contribution is 2.34. The number of carboxylic acid groups (broad SMARTS) is 1. The molecule has 2 N–H and O–H groups in total. The van der Waals surface area contributed by atoms with Crippen molar-refractivity contribution >= 4 is 11.9 Å². The fraction of sp³-hybridized carbons (Fsp3) is 0.400. The second kappa shape index (κ2) is 6.15. The number of pyridine rings is 1. The molecule has 0 unspecified atom stereocenters. The van der Waals surface area contributed by atoms with Crippen molar-refractivity contribution in [1.29, 1.82) is 0 Å². The van der Waals surface area contributed by atoms with Gasteiger partial charge in [-0.3, -0.25) is 14.6 Å². The molecular formula is C15H17N5O3. The lowest BCUT2D eigenvalue weighted by Gasteiger charge is -2.16. The monoisotopic (exact) mass is 315 g/mol. The third-order valence-corrected chi connectivity index (χ3v) is 4.19. The highest BCUT2D eigenvalue weighted by atomic mass is 16.4. The highest BCUT2D eigenvalue weighted by molar-refractivity contribution is 5.94. The fourth-order valence-electron chi connectivity index (χ4n) is 3.05. The van der Waals surface area contributed by atoms with Gasteiger partial charge in [-0.15, -0.1) is 0 Å². The van der Waals surface area contributed by atoms with Crippen molar-refractivity contribution in [3.63, 3.8) is 0 Å². The second-order valence-corrected chi connectivity index (χ2v) is 5.74. The van der Waals surface area contributed by atoms with Crippen LogP contribution >= 0.6 is 0 Å². The molecule has 0 bridgehead atoms. The number of hydrogen-bond acceptors (Lipinski definition) is 5. The van der Waals surface area contributed by atoms with Crippen LogP contribution in [0.25, 0.3) is 0 Å². The zero-order valence-corrected chi connectivity index (χ0v) is 12.6. The van der Waals surface area contributed by atoms with Gasteiger partial charge in [-0.2, -0.15) is 15.4 Å². The van der Waals surface area contributed by atoms with Crippen LogP contribution < -0.4 is 0 Å². The second-order valence-electron chi connectivity index (χ2n) is 5.74. The minimum atomic E-state index is -0.883. The molecule has 1 fully saturated rings. The summed E-state index contributed by atoms with van der Waals surface area (Å²) in [6, 6.07) is 3.61. The number of aromatic nitrogens is 4. The molecule has 120 valence electrons. The minimum absolute atomic E-state index is 0.0114. The number of amides is 1. The smallest absolute Gasteiger partial charge is 0.303 e. The lowest BCUT2D eigenvalue weighted by molar-refractivity contribution is -0.138. The van der Waals surface area contributed by atoms with Crippen LogP contribution in [0.15, 0.2) is 24.5 Å². The Morgan fingerprint density at radius 1 is 1.43 bits per heavy atom. The summed E-state index contributed by atoms with van der Waals surface area (Å²) in [5.74, 6) is -1.39. The van der Waals surface area contributed by atoms with Gasteiger partial charge in [-0.05, 0) is 24.5 Å². The molecule has 1 aliphatic heterocycles. The topological polar surface area (TPSA) is 112 Å². The maximum absolute atomic E-state index is 12.7. The lowest BCUT2D eigenvalue weighted by Crippen LogP contribution is -2.30. The van der Waals surface area contributed by atoms with E-state index in [1.807, 2.05) is 13.0 Å². The van der Waals surface area contributed by atoms with Gasteiger partial charge < -0.3 is 10.0 Å². The maximum Gasteiger partial charge on any atom is 0.303 e. The molecule has 1 aliphatic rings. The summed E-state index contributed by atoms with van der Waals surface area (Å²) >= 11 is 0. The molecule has 8 heteroatoms. The number of aryl methyl sites for hydroxylation is 1. The number of hydrogen-bond donors (Lipinski definition) is 2. The number of aliphatic carboxylic acids is 1. The summed E-state index contributed by atoms with van der Waals surface area (Å²) in [5.41, 5.74) is 1.89. The maximum atomic E-state index is 12.7. The predicted octanol–water partition coefficient (Wildman–Crippen LogP) is 0.839. The summed E-state index contributed by atoms with van der Waals surface area (Å²) in [6.07, 6.45) is 3.15. The van der Waals surface area contributed by atoms with E-state index in [1.165, 1.54) is 0 Å². The van der Waals surface area contributed by atoms with Crippen molar-refractivity contribution in [3.8, 4) is 0 Å². The number of nitrogens with zero attached hydrogens (tertiary/aromatic N) is 4. The summed E-state index contributed by atoms with van der Waals surface area (Å²) in [6.45, 7) is 2.62. The molecule has 2 atom stereocenters. The average Bonchev–Trinajstić information content (AvgIpc) is 3.15. The van der Waals surface area contributed by atoms with E-state index < -0.39 is 5.97 Å². The number of carbonyl (C=O) groups excluding carboxylic acids is 1. The van der Waals surface area contributed by atoms with Crippen LogP contribution in [0.5, 0.6) is 0 Å². The van der Waals surface area contributed by atoms with Crippen LogP contribution in [0.2, 0.25) is 0 Å². The van der Waals surface area contributed by atoms with Gasteiger partial charge in [-0.25, -0.2) is 0 Å². The van der Waals surface area contributed by atoms with Crippen LogP contribution in [-0.4, -0.2) is 55.4 Å². The summed E-state index contributed by atoms with van der Waals surface area (Å²) < 4.78 is 0. The number of carbonyl (C=O) groups is 2. The number of aromatic amines is 1. The largest absolute Gasteiger partial charge is 0.481 e. The first kappa shape index (κ1) is 15.1. The molecule has 0 radical (unpaired) electrons. The van der Waals surface area contributed by atoms with E-state index in [1.54, 1.807) is 23.4 Å². The van der Waals surface area contributed by atoms with Crippen LogP contribution in [0.3, 0.4) is 0 Å². The SMILES string of the molecule is Cc1cccnc1C(=O)N1C[C@H](CC(=O)O)[C@H](c2cn[nH]n2)C1. The normalized spacial score (nSPS) is 20.7. The Hall–Kier alpha value is -2.77. The molecule has 8 nitrogen and oxygen atoms in total. The molecule has 3 rings (SSSR count). The Kier molecular flexibility index (Phi) is 4.05. The number of rotatable bonds is 4. The summed E-state index contributed by atoms with van der Waals surface area (Å²) in [5, 5.41) is 19.5. The standard InChI is InChI=1S/C15H17N5O3/c1-9-3-2-4-16-14(9)15(23)20-7-10(5-13(21)22)11(8-20)12-6-17-19-18-12/h2-4,6,10-11H,5,7-8H2,1H3,(H,21,22)(H,17,18,19)/t10-,11+/m0/s1. The first-order valence-corrected chi connectivity index (χ1v) is 7.34. The molecule has 0 saturated carbocycles. The molecule has 0 aromatic carbocycles. The van der Waals surface area contributed by atoms with Crippen LogP contribution in [0.4, 0.5) is 0 Å². The van der Waals surface area contributed by atoms with Crippen molar-refractivity contribution in [2.45, 2.75) is 19.3 Å². The Morgan fingerprint density at radius 3 is 2.91 bits per heavy atom. The van der Waals surface area contributed by atoms with Gasteiger partial charge in [0.15, 0.2) is 0 Å². The molecular weight excluding hydrogens is 298 g/mol. The van der Waals surface area contributed by atoms with Gasteiger partial charge in [-0.1, -0.05) is 6.07 Å². The lowest BCUT2D eigenvalue weighted by atomic mass is 9.91. The summed E-state index contributed by atoms with van der Waals surface area (Å²) in [7, 11) is 0. The van der Waals surface area contributed by atoms with E-state index in [4.69, 9.17) is 5.11 Å². The van der Waals surface area contributed by atoms with E-state index >= 15 is 0 Å². The summed E-state index contributed by atoms with van der Waals surface area (Å²) in [4.78, 5) is 29.6. The van der Waals surface area contributed by atoms with Crippen molar-refractivity contribution in [3.05, 3.63) is 41.5 Å². The minimum Gasteiger partial charge on any atom is -0.481 e. The Labute approximate surface area is 132 Å². The van der Waals surface area contributed by atoms with Crippen LogP contribution in [-0.2, 0) is 4.79 Å². The predicted molar refractivity (Wildman–Crippen MR) is 79.7 cm³/mol. The van der Waals surface area contributed by atoms with E-state index in [0.717, 1.165) is 5.56 Å². The Bertz CT molecular complexity index is 716. The zero-order valence-electron chi connectivity index (χ0n) is 12.6. The Balaban J connectivity index is 1.83. The van der Waals surface area contributed by atoms with E-state index in [9.17, 15) is 9.59 Å². The van der Waals surface area contributed by atoms with Gasteiger partial charge in [0, 0.05) is 25.2 Å². The van der Waals surface area contributed by atoms with Crippen molar-refractivity contribution in [2.75, 3.05) is 13.1 Å². The van der Waals surface area contributed by atoms with Crippen LogP contribution in [0.1, 0.15) is 34.1 Å². The van der Waals surface area contributed by atoms with Crippen molar-refractivity contribution < 1.29 is 14.7 Å². The molecule has 0 aliphatic carbocycles. The molecule has 23 heavy (non-hydrogen) atoms. The molecule has 3 heterocycles. The number of nitrogens with one attached hydrogen (secondary N) is 1. The van der Waals surface area contributed by atoms with Gasteiger partial charge in [0.25, 0.3) is 5.91 Å². The molecule has 0 spiro atoms. The van der Waals surface area contributed by atoms with E-state index in [-0.39, 0.29) is 24.2 Å². The van der Waals surface area contributed by atoms with Crippen LogP contribution in [0, 0.1) is 12.8 Å². The van der Waals surface area contributed by atoms with E-state index in [2.05, 4.69) is 20.4 Å². The third-order valence-electron chi connectivity index (χ3n) is 4.19.